The van der Waals surface area contributed by atoms with Gasteiger partial charge in [0.25, 0.3) is 5.91 Å². The first kappa shape index (κ1) is 25.4. The van der Waals surface area contributed by atoms with Crippen LogP contribution in [-0.2, 0) is 22.7 Å². The molecule has 0 aliphatic rings. The second kappa shape index (κ2) is 9.59. The van der Waals surface area contributed by atoms with Gasteiger partial charge < -0.3 is 5.32 Å². The van der Waals surface area contributed by atoms with Gasteiger partial charge in [-0.3, -0.25) is 4.79 Å². The summed E-state index contributed by atoms with van der Waals surface area (Å²) >= 11 is 0. The molecule has 0 aliphatic heterocycles. The predicted octanol–water partition coefficient (Wildman–Crippen LogP) is 4.12. The van der Waals surface area contributed by atoms with Gasteiger partial charge in [0.1, 0.15) is 0 Å². The molecule has 0 fully saturated rings. The van der Waals surface area contributed by atoms with Crippen molar-refractivity contribution in [1.82, 2.24) is 19.8 Å². The number of aryl methyl sites for hydroxylation is 2. The van der Waals surface area contributed by atoms with Gasteiger partial charge in [0.15, 0.2) is 0 Å². The Labute approximate surface area is 196 Å². The molecule has 0 spiro atoms. The Balaban J connectivity index is 1.84. The number of aromatic nitrogens is 2. The SMILES string of the molecule is Cc1cc(C)n(-c2ccc(CNC(=O)c3cccc(S(=O)(=O)NC(C)C)c3)c(C(F)(F)F)c2)n1. The number of halogens is 3. The number of nitrogens with one attached hydrogen (secondary N) is 2. The smallest absolute Gasteiger partial charge is 0.348 e. The van der Waals surface area contributed by atoms with Crippen LogP contribution in [0.1, 0.15) is 46.7 Å². The van der Waals surface area contributed by atoms with Gasteiger partial charge in [-0.2, -0.15) is 18.3 Å². The fourth-order valence-electron chi connectivity index (χ4n) is 3.46. The molecule has 0 saturated heterocycles. The maximum absolute atomic E-state index is 13.8. The molecule has 0 bridgehead atoms. The highest BCUT2D eigenvalue weighted by molar-refractivity contribution is 7.89. The van der Waals surface area contributed by atoms with Crippen molar-refractivity contribution in [3.05, 3.63) is 76.6 Å². The quantitative estimate of drug-likeness (QED) is 0.517. The van der Waals surface area contributed by atoms with Crippen molar-refractivity contribution >= 4 is 15.9 Å². The van der Waals surface area contributed by atoms with E-state index in [1.54, 1.807) is 33.8 Å². The number of rotatable bonds is 7. The molecular formula is C23H25F3N4O3S. The first-order chi connectivity index (χ1) is 15.8. The molecule has 2 aromatic carbocycles. The zero-order chi connectivity index (χ0) is 25.3. The Bertz CT molecular complexity index is 1320. The molecule has 34 heavy (non-hydrogen) atoms. The van der Waals surface area contributed by atoms with Crippen LogP contribution in [0.3, 0.4) is 0 Å². The number of amides is 1. The fraction of sp³-hybridized carbons (Fsp3) is 0.304. The van der Waals surface area contributed by atoms with E-state index >= 15 is 0 Å². The van der Waals surface area contributed by atoms with Crippen molar-refractivity contribution in [2.75, 3.05) is 0 Å². The minimum Gasteiger partial charge on any atom is -0.348 e. The summed E-state index contributed by atoms with van der Waals surface area (Å²) in [6, 6.07) is 10.5. The monoisotopic (exact) mass is 494 g/mol. The number of nitrogens with zero attached hydrogens (tertiary/aromatic N) is 2. The van der Waals surface area contributed by atoms with Crippen molar-refractivity contribution in [1.29, 1.82) is 0 Å². The predicted molar refractivity (Wildman–Crippen MR) is 121 cm³/mol. The van der Waals surface area contributed by atoms with E-state index in [0.29, 0.717) is 11.4 Å². The van der Waals surface area contributed by atoms with Crippen LogP contribution in [0.5, 0.6) is 0 Å². The van der Waals surface area contributed by atoms with Gasteiger partial charge in [0.05, 0.1) is 21.8 Å². The number of sulfonamides is 1. The summed E-state index contributed by atoms with van der Waals surface area (Å²) < 4.78 is 69.8. The molecule has 1 amide bonds. The summed E-state index contributed by atoms with van der Waals surface area (Å²) in [5.74, 6) is -0.697. The largest absolute Gasteiger partial charge is 0.416 e. The van der Waals surface area contributed by atoms with Crippen LogP contribution in [0.2, 0.25) is 0 Å². The zero-order valence-corrected chi connectivity index (χ0v) is 19.9. The van der Waals surface area contributed by atoms with Crippen LogP contribution in [0.15, 0.2) is 53.4 Å². The summed E-state index contributed by atoms with van der Waals surface area (Å²) in [5.41, 5.74) is 0.610. The van der Waals surface area contributed by atoms with Crippen LogP contribution in [0.4, 0.5) is 13.2 Å². The van der Waals surface area contributed by atoms with E-state index in [1.807, 2.05) is 0 Å². The van der Waals surface area contributed by atoms with Gasteiger partial charge in [-0.1, -0.05) is 12.1 Å². The minimum absolute atomic E-state index is 0.0134. The van der Waals surface area contributed by atoms with Gasteiger partial charge in [-0.05, 0) is 69.7 Å². The van der Waals surface area contributed by atoms with Crippen LogP contribution >= 0.6 is 0 Å². The van der Waals surface area contributed by atoms with E-state index in [-0.39, 0.29) is 27.8 Å². The first-order valence-corrected chi connectivity index (χ1v) is 11.9. The van der Waals surface area contributed by atoms with Crippen LogP contribution in [-0.4, -0.2) is 30.1 Å². The molecule has 1 heterocycles. The number of benzene rings is 2. The molecule has 0 saturated carbocycles. The summed E-state index contributed by atoms with van der Waals surface area (Å²) in [6.07, 6.45) is -4.65. The molecule has 0 unspecified atom stereocenters. The zero-order valence-electron chi connectivity index (χ0n) is 19.1. The van der Waals surface area contributed by atoms with Gasteiger partial charge in [0.2, 0.25) is 10.0 Å². The Morgan fingerprint density at radius 1 is 1.09 bits per heavy atom. The normalized spacial score (nSPS) is 12.2. The molecule has 11 heteroatoms. The first-order valence-electron chi connectivity index (χ1n) is 10.4. The molecule has 1 aromatic heterocycles. The Morgan fingerprint density at radius 3 is 2.38 bits per heavy atom. The highest BCUT2D eigenvalue weighted by atomic mass is 32.2. The second-order valence-corrected chi connectivity index (χ2v) is 9.88. The number of alkyl halides is 3. The second-order valence-electron chi connectivity index (χ2n) is 8.16. The van der Waals surface area contributed by atoms with E-state index in [1.165, 1.54) is 41.1 Å². The maximum atomic E-state index is 13.8. The Hall–Kier alpha value is -3.18. The minimum atomic E-state index is -4.65. The highest BCUT2D eigenvalue weighted by Gasteiger charge is 2.34. The number of carbonyl (C=O) groups excluding carboxylic acids is 1. The average molecular weight is 495 g/mol. The van der Waals surface area contributed by atoms with E-state index in [9.17, 15) is 26.4 Å². The van der Waals surface area contributed by atoms with Gasteiger partial charge in [-0.15, -0.1) is 0 Å². The standard InChI is InChI=1S/C23H25F3N4O3S/c1-14(2)29-34(32,33)20-7-5-6-17(11-20)22(31)27-13-18-8-9-19(12-21(18)23(24,25)26)30-16(4)10-15(3)28-30/h5-12,14,29H,13H2,1-4H3,(H,27,31). The molecule has 3 aromatic rings. The molecule has 182 valence electrons. The van der Waals surface area contributed by atoms with Crippen molar-refractivity contribution in [2.45, 2.75) is 51.4 Å². The number of hydrogen-bond donors (Lipinski definition) is 2. The highest BCUT2D eigenvalue weighted by Crippen LogP contribution is 2.33. The van der Waals surface area contributed by atoms with Crippen molar-refractivity contribution in [3.8, 4) is 5.69 Å². The van der Waals surface area contributed by atoms with Crippen molar-refractivity contribution in [2.24, 2.45) is 0 Å². The lowest BCUT2D eigenvalue weighted by Crippen LogP contribution is -2.30. The maximum Gasteiger partial charge on any atom is 0.416 e. The Kier molecular flexibility index (Phi) is 7.18. The third-order valence-electron chi connectivity index (χ3n) is 4.89. The Morgan fingerprint density at radius 2 is 1.79 bits per heavy atom. The lowest BCUT2D eigenvalue weighted by molar-refractivity contribution is -0.138. The summed E-state index contributed by atoms with van der Waals surface area (Å²) in [4.78, 5) is 12.5. The summed E-state index contributed by atoms with van der Waals surface area (Å²) in [7, 11) is -3.83. The van der Waals surface area contributed by atoms with E-state index in [0.717, 1.165) is 6.07 Å². The van der Waals surface area contributed by atoms with E-state index in [2.05, 4.69) is 15.1 Å². The van der Waals surface area contributed by atoms with Crippen molar-refractivity contribution < 1.29 is 26.4 Å². The fourth-order valence-corrected chi connectivity index (χ4v) is 4.76. The van der Waals surface area contributed by atoms with Crippen LogP contribution in [0, 0.1) is 13.8 Å². The van der Waals surface area contributed by atoms with Crippen LogP contribution in [0.25, 0.3) is 5.69 Å². The van der Waals surface area contributed by atoms with E-state index < -0.39 is 34.2 Å². The van der Waals surface area contributed by atoms with Gasteiger partial charge >= 0.3 is 6.18 Å². The summed E-state index contributed by atoms with van der Waals surface area (Å²) in [6.45, 7) is 6.41. The van der Waals surface area contributed by atoms with Gasteiger partial charge in [-0.25, -0.2) is 17.8 Å². The molecule has 0 aliphatic carbocycles. The molecule has 0 radical (unpaired) electrons. The van der Waals surface area contributed by atoms with Gasteiger partial charge in [0, 0.05) is 23.8 Å². The summed E-state index contributed by atoms with van der Waals surface area (Å²) in [5, 5.41) is 6.66. The third kappa shape index (κ3) is 5.84. The topological polar surface area (TPSA) is 93.1 Å². The van der Waals surface area contributed by atoms with E-state index in [4.69, 9.17) is 0 Å². The van der Waals surface area contributed by atoms with Crippen molar-refractivity contribution in [3.63, 3.8) is 0 Å². The number of carbonyl (C=O) groups is 1. The lowest BCUT2D eigenvalue weighted by Gasteiger charge is -2.16. The number of hydrogen-bond acceptors (Lipinski definition) is 4. The molecule has 3 rings (SSSR count). The third-order valence-corrected chi connectivity index (χ3v) is 6.55. The average Bonchev–Trinajstić information content (AvgIpc) is 3.08. The lowest BCUT2D eigenvalue weighted by atomic mass is 10.1. The molecule has 7 nitrogen and oxygen atoms in total. The van der Waals surface area contributed by atoms with Crippen LogP contribution < -0.4 is 10.0 Å². The molecule has 0 atom stereocenters. The molecule has 2 N–H and O–H groups in total. The molecular weight excluding hydrogens is 469 g/mol.